The number of aryl methyl sites for hydroxylation is 3. The van der Waals surface area contributed by atoms with Crippen molar-refractivity contribution in [3.8, 4) is 0 Å². The average molecular weight is 765 g/mol. The summed E-state index contributed by atoms with van der Waals surface area (Å²) in [5.74, 6) is -2.60. The van der Waals surface area contributed by atoms with Crippen molar-refractivity contribution in [2.24, 2.45) is 0 Å². The molecule has 11 nitrogen and oxygen atoms in total. The number of nitrogens with zero attached hydrogens (tertiary/aromatic N) is 2. The fourth-order valence-electron chi connectivity index (χ4n) is 6.99. The maximum absolute atomic E-state index is 13.9. The van der Waals surface area contributed by atoms with Gasteiger partial charge in [0.2, 0.25) is 5.91 Å². The first-order chi connectivity index (χ1) is 26.5. The number of rotatable bonds is 18. The van der Waals surface area contributed by atoms with E-state index in [1.165, 1.54) is 11.3 Å². The zero-order valence-electron chi connectivity index (χ0n) is 31.1. The molecule has 2 aliphatic carbocycles. The average Bonchev–Trinajstić information content (AvgIpc) is 3.96. The summed E-state index contributed by atoms with van der Waals surface area (Å²) in [7, 11) is 1.71. The molecule has 0 unspecified atom stereocenters. The second kappa shape index (κ2) is 18.3. The Kier molecular flexibility index (Phi) is 13.1. The van der Waals surface area contributed by atoms with E-state index < -0.39 is 11.9 Å². The maximum atomic E-state index is 13.9. The van der Waals surface area contributed by atoms with E-state index in [0.717, 1.165) is 91.5 Å². The molecule has 2 aliphatic rings. The van der Waals surface area contributed by atoms with Crippen molar-refractivity contribution >= 4 is 51.7 Å². The van der Waals surface area contributed by atoms with Gasteiger partial charge in [-0.2, -0.15) is 0 Å². The lowest BCUT2D eigenvalue weighted by molar-refractivity contribution is -0.140. The van der Waals surface area contributed by atoms with Crippen molar-refractivity contribution in [3.05, 3.63) is 117 Å². The van der Waals surface area contributed by atoms with Gasteiger partial charge in [0.25, 0.3) is 11.8 Å². The number of benzene rings is 3. The van der Waals surface area contributed by atoms with Gasteiger partial charge in [-0.3, -0.25) is 24.1 Å². The number of aromatic carboxylic acids is 1. The Hall–Kier alpha value is -5.33. The van der Waals surface area contributed by atoms with E-state index in [2.05, 4.69) is 15.5 Å². The van der Waals surface area contributed by atoms with Crippen LogP contribution in [-0.4, -0.2) is 82.4 Å². The van der Waals surface area contributed by atoms with E-state index >= 15 is 0 Å². The molecule has 12 heteroatoms. The second-order valence-electron chi connectivity index (χ2n) is 14.4. The number of amides is 3. The van der Waals surface area contributed by atoms with Crippen LogP contribution in [0.4, 0.5) is 10.7 Å². The lowest BCUT2D eigenvalue weighted by atomic mass is 9.95. The molecule has 3 aromatic carbocycles. The van der Waals surface area contributed by atoms with Crippen LogP contribution in [0, 0.1) is 0 Å². The van der Waals surface area contributed by atoms with Gasteiger partial charge in [0, 0.05) is 55.3 Å². The largest absolute Gasteiger partial charge is 0.481 e. The summed E-state index contributed by atoms with van der Waals surface area (Å²) in [5.41, 5.74) is 6.16. The molecule has 0 spiro atoms. The second-order valence-corrected chi connectivity index (χ2v) is 15.6. The summed E-state index contributed by atoms with van der Waals surface area (Å²) in [6, 6.07) is 22.7. The Morgan fingerprint density at radius 1 is 0.727 bits per heavy atom. The van der Waals surface area contributed by atoms with Crippen molar-refractivity contribution in [3.63, 3.8) is 0 Å². The molecule has 4 aromatic rings. The molecule has 1 heterocycles. The zero-order valence-corrected chi connectivity index (χ0v) is 32.0. The third kappa shape index (κ3) is 10.9. The first-order valence-corrected chi connectivity index (χ1v) is 19.8. The normalized spacial score (nSPS) is 13.6. The van der Waals surface area contributed by atoms with Crippen molar-refractivity contribution in [2.45, 2.75) is 76.7 Å². The molecule has 1 saturated carbocycles. The summed E-state index contributed by atoms with van der Waals surface area (Å²) >= 11 is 1.49. The molecule has 55 heavy (non-hydrogen) atoms. The van der Waals surface area contributed by atoms with Crippen molar-refractivity contribution in [1.82, 2.24) is 9.80 Å². The van der Waals surface area contributed by atoms with Crippen LogP contribution in [0.5, 0.6) is 0 Å². The predicted octanol–water partition coefficient (Wildman–Crippen LogP) is 6.95. The van der Waals surface area contributed by atoms with Gasteiger partial charge < -0.3 is 25.7 Å². The van der Waals surface area contributed by atoms with Gasteiger partial charge in [0.05, 0.1) is 17.5 Å². The number of hydrogen-bond acceptors (Lipinski definition) is 7. The number of likely N-dealkylation sites (N-methyl/N-ethyl adjacent to an activating group) is 1. The molecule has 0 aliphatic heterocycles. The van der Waals surface area contributed by atoms with Gasteiger partial charge in [-0.25, -0.2) is 4.79 Å². The minimum Gasteiger partial charge on any atom is -0.481 e. The minimum atomic E-state index is -0.978. The standard InChI is InChI=1S/C43H48N4O7S/c1-46(37(48)21-22-38(49)50)25-26-47(34-19-20-34)24-23-30-5-4-6-32(27-30)40(51)45-42-39(35-7-2-3-8-36(35)55-42)41(52)44-33-17-13-29(14-18-33)10-9-28-11-15-31(16-12-28)43(53)54/h4-6,11-18,27,34H,2-3,7-10,19-26H2,1H3,(H,44,52)(H,45,51)(H,49,50)(H,53,54). The van der Waals surface area contributed by atoms with E-state index in [4.69, 9.17) is 10.2 Å². The summed E-state index contributed by atoms with van der Waals surface area (Å²) in [6.45, 7) is 2.00. The van der Waals surface area contributed by atoms with Gasteiger partial charge in [0.15, 0.2) is 0 Å². The van der Waals surface area contributed by atoms with Crippen LogP contribution >= 0.6 is 11.3 Å². The molecular formula is C43H48N4O7S. The molecule has 1 fully saturated rings. The molecule has 0 atom stereocenters. The highest BCUT2D eigenvalue weighted by atomic mass is 32.1. The molecule has 6 rings (SSSR count). The van der Waals surface area contributed by atoms with Gasteiger partial charge >= 0.3 is 11.9 Å². The highest BCUT2D eigenvalue weighted by molar-refractivity contribution is 7.17. The molecule has 0 bridgehead atoms. The van der Waals surface area contributed by atoms with Gasteiger partial charge in [-0.05, 0) is 116 Å². The number of fused-ring (bicyclic) bond motifs is 1. The van der Waals surface area contributed by atoms with E-state index in [1.54, 1.807) is 30.1 Å². The molecule has 3 amide bonds. The molecule has 0 saturated heterocycles. The van der Waals surface area contributed by atoms with Gasteiger partial charge in [0.1, 0.15) is 5.00 Å². The SMILES string of the molecule is CN(CCN(CCc1cccc(C(=O)Nc2sc3c(c2C(=O)Nc2ccc(CCc4ccc(C(=O)O)cc4)cc2)CCCC3)c1)C1CC1)C(=O)CCC(=O)O. The van der Waals surface area contributed by atoms with Crippen LogP contribution in [0.3, 0.4) is 0 Å². The fraction of sp³-hybridized carbons (Fsp3) is 0.372. The Morgan fingerprint density at radius 2 is 1.42 bits per heavy atom. The molecule has 1 aromatic heterocycles. The lowest BCUT2D eigenvalue weighted by Gasteiger charge is -2.25. The van der Waals surface area contributed by atoms with Gasteiger partial charge in [-0.15, -0.1) is 11.3 Å². The van der Waals surface area contributed by atoms with E-state index in [0.29, 0.717) is 40.9 Å². The lowest BCUT2D eigenvalue weighted by Crippen LogP contribution is -2.38. The molecule has 0 radical (unpaired) electrons. The summed E-state index contributed by atoms with van der Waals surface area (Å²) in [5, 5.41) is 24.7. The number of anilines is 2. The first-order valence-electron chi connectivity index (χ1n) is 19.0. The van der Waals surface area contributed by atoms with E-state index in [9.17, 15) is 24.0 Å². The molecular weight excluding hydrogens is 717 g/mol. The summed E-state index contributed by atoms with van der Waals surface area (Å²) in [6.07, 6.45) is 8.01. The smallest absolute Gasteiger partial charge is 0.335 e. The zero-order chi connectivity index (χ0) is 38.9. The van der Waals surface area contributed by atoms with Gasteiger partial charge in [-0.1, -0.05) is 36.4 Å². The maximum Gasteiger partial charge on any atom is 0.335 e. The van der Waals surface area contributed by atoms with Crippen molar-refractivity contribution < 1.29 is 34.2 Å². The number of thiophene rings is 1. The molecule has 288 valence electrons. The number of hydrogen-bond donors (Lipinski definition) is 4. The number of carbonyl (C=O) groups is 5. The van der Waals surface area contributed by atoms with Crippen molar-refractivity contribution in [2.75, 3.05) is 37.3 Å². The highest BCUT2D eigenvalue weighted by Crippen LogP contribution is 2.39. The monoisotopic (exact) mass is 764 g/mol. The van der Waals surface area contributed by atoms with E-state index in [1.807, 2.05) is 54.6 Å². The Bertz CT molecular complexity index is 2020. The van der Waals surface area contributed by atoms with Crippen LogP contribution in [0.1, 0.15) is 96.7 Å². The fourth-order valence-corrected chi connectivity index (χ4v) is 8.27. The number of carbonyl (C=O) groups excluding carboxylic acids is 3. The first kappa shape index (κ1) is 39.4. The number of nitrogens with one attached hydrogen (secondary N) is 2. The third-order valence-electron chi connectivity index (χ3n) is 10.4. The van der Waals surface area contributed by atoms with Crippen LogP contribution in [0.2, 0.25) is 0 Å². The highest BCUT2D eigenvalue weighted by Gasteiger charge is 2.29. The predicted molar refractivity (Wildman–Crippen MR) is 213 cm³/mol. The minimum absolute atomic E-state index is 0.00363. The number of carboxylic acid groups (broad SMARTS) is 2. The van der Waals surface area contributed by atoms with Crippen LogP contribution in [0.15, 0.2) is 72.8 Å². The number of aliphatic carboxylic acids is 1. The summed E-state index contributed by atoms with van der Waals surface area (Å²) < 4.78 is 0. The summed E-state index contributed by atoms with van der Waals surface area (Å²) in [4.78, 5) is 67.0. The Labute approximate surface area is 325 Å². The molecule has 4 N–H and O–H groups in total. The third-order valence-corrected chi connectivity index (χ3v) is 11.6. The quantitative estimate of drug-likeness (QED) is 0.0849. The van der Waals surface area contributed by atoms with Crippen LogP contribution < -0.4 is 10.6 Å². The Balaban J connectivity index is 1.06. The van der Waals surface area contributed by atoms with Crippen LogP contribution in [0.25, 0.3) is 0 Å². The van der Waals surface area contributed by atoms with Crippen LogP contribution in [-0.2, 0) is 41.7 Å². The van der Waals surface area contributed by atoms with Crippen molar-refractivity contribution in [1.29, 1.82) is 0 Å². The number of carboxylic acids is 2. The van der Waals surface area contributed by atoms with E-state index in [-0.39, 0.29) is 36.1 Å². The Morgan fingerprint density at radius 3 is 2.09 bits per heavy atom. The topological polar surface area (TPSA) is 156 Å².